The van der Waals surface area contributed by atoms with Gasteiger partial charge in [0.05, 0.1) is 11.3 Å². The first-order chi connectivity index (χ1) is 9.75. The van der Waals surface area contributed by atoms with Crippen molar-refractivity contribution in [1.29, 1.82) is 0 Å². The molecule has 114 valence electrons. The molecule has 2 aromatic rings. The van der Waals surface area contributed by atoms with Crippen molar-refractivity contribution in [3.8, 4) is 0 Å². The zero-order chi connectivity index (χ0) is 15.8. The average Bonchev–Trinajstić information content (AvgIpc) is 2.93. The highest BCUT2D eigenvalue weighted by molar-refractivity contribution is 6.02. The van der Waals surface area contributed by atoms with Crippen molar-refractivity contribution in [2.24, 2.45) is 0 Å². The van der Waals surface area contributed by atoms with Crippen molar-refractivity contribution < 1.29 is 18.0 Å². The van der Waals surface area contributed by atoms with Gasteiger partial charge in [-0.25, -0.2) is 9.67 Å². The second-order valence-corrected chi connectivity index (χ2v) is 4.52. The summed E-state index contributed by atoms with van der Waals surface area (Å²) in [5.41, 5.74) is -0.178. The van der Waals surface area contributed by atoms with Gasteiger partial charge in [0.2, 0.25) is 0 Å². The van der Waals surface area contributed by atoms with E-state index >= 15 is 0 Å². The molecule has 9 heteroatoms. The van der Waals surface area contributed by atoms with E-state index in [4.69, 9.17) is 0 Å². The first-order valence-electron chi connectivity index (χ1n) is 6.28. The van der Waals surface area contributed by atoms with Crippen LogP contribution in [-0.4, -0.2) is 36.5 Å². The minimum Gasteiger partial charge on any atom is -0.284 e. The van der Waals surface area contributed by atoms with E-state index in [0.717, 1.165) is 0 Å². The predicted molar refractivity (Wildman–Crippen MR) is 66.9 cm³/mol. The van der Waals surface area contributed by atoms with E-state index in [1.54, 1.807) is 4.68 Å². The number of hydrogen-bond donors (Lipinski definition) is 0. The molecule has 0 fully saturated rings. The van der Waals surface area contributed by atoms with Crippen molar-refractivity contribution >= 4 is 5.78 Å². The molecule has 0 aromatic carbocycles. The molecule has 0 saturated carbocycles. The Kier molecular flexibility index (Phi) is 3.84. The zero-order valence-electron chi connectivity index (χ0n) is 11.8. The van der Waals surface area contributed by atoms with Gasteiger partial charge in [-0.3, -0.25) is 9.48 Å². The molecular formula is C12H14F3N5O. The zero-order valence-corrected chi connectivity index (χ0v) is 11.8. The second kappa shape index (κ2) is 5.30. The topological polar surface area (TPSA) is 65.6 Å². The molecule has 0 bridgehead atoms. The number of alkyl halides is 3. The summed E-state index contributed by atoms with van der Waals surface area (Å²) in [5.74, 6) is -1.31. The van der Waals surface area contributed by atoms with Gasteiger partial charge in [0.25, 0.3) is 5.78 Å². The lowest BCUT2D eigenvalue weighted by Gasteiger charge is -2.07. The third-order valence-corrected chi connectivity index (χ3v) is 3.15. The van der Waals surface area contributed by atoms with Crippen LogP contribution in [0.4, 0.5) is 13.2 Å². The molecule has 0 saturated heterocycles. The van der Waals surface area contributed by atoms with Crippen LogP contribution in [-0.2, 0) is 13.1 Å². The van der Waals surface area contributed by atoms with Gasteiger partial charge >= 0.3 is 6.18 Å². The maximum absolute atomic E-state index is 12.6. The van der Waals surface area contributed by atoms with Gasteiger partial charge in [-0.1, -0.05) is 0 Å². The van der Waals surface area contributed by atoms with Crippen LogP contribution < -0.4 is 0 Å². The summed E-state index contributed by atoms with van der Waals surface area (Å²) in [6, 6.07) is 0. The van der Waals surface area contributed by atoms with E-state index in [-0.39, 0.29) is 17.9 Å². The predicted octanol–water partition coefficient (Wildman–Crippen LogP) is 1.90. The number of aryl methyl sites for hydroxylation is 2. The Bertz CT molecular complexity index is 671. The largest absolute Gasteiger partial charge is 0.455 e. The number of hydrogen-bond acceptors (Lipinski definition) is 4. The summed E-state index contributed by atoms with van der Waals surface area (Å²) < 4.78 is 40.7. The van der Waals surface area contributed by atoms with Crippen LogP contribution in [0.15, 0.2) is 6.33 Å². The molecular weight excluding hydrogens is 287 g/mol. The van der Waals surface area contributed by atoms with Crippen LogP contribution >= 0.6 is 0 Å². The van der Waals surface area contributed by atoms with Gasteiger partial charge in [-0.15, -0.1) is 0 Å². The van der Waals surface area contributed by atoms with E-state index < -0.39 is 17.5 Å². The Labute approximate surface area is 118 Å². The smallest absolute Gasteiger partial charge is 0.284 e. The molecule has 0 spiro atoms. The highest BCUT2D eigenvalue weighted by Crippen LogP contribution is 2.25. The van der Waals surface area contributed by atoms with E-state index in [1.165, 1.54) is 24.9 Å². The lowest BCUT2D eigenvalue weighted by molar-refractivity contribution is -0.0886. The minimum absolute atomic E-state index is 0.0531. The van der Waals surface area contributed by atoms with E-state index in [1.807, 2.05) is 6.92 Å². The van der Waals surface area contributed by atoms with Gasteiger partial charge in [0.1, 0.15) is 18.7 Å². The van der Waals surface area contributed by atoms with Crippen LogP contribution in [0.25, 0.3) is 0 Å². The molecule has 0 N–H and O–H groups in total. The van der Waals surface area contributed by atoms with Crippen LogP contribution in [0.2, 0.25) is 0 Å². The summed E-state index contributed by atoms with van der Waals surface area (Å²) in [6.45, 7) is 5.44. The van der Waals surface area contributed by atoms with Crippen LogP contribution in [0.3, 0.4) is 0 Å². The Balaban J connectivity index is 2.38. The molecule has 0 amide bonds. The minimum atomic E-state index is -4.91. The van der Waals surface area contributed by atoms with E-state index in [2.05, 4.69) is 15.2 Å². The molecule has 0 unspecified atom stereocenters. The number of carbonyl (C=O) groups excluding carboxylic acids is 1. The van der Waals surface area contributed by atoms with Crippen LogP contribution in [0.1, 0.15) is 34.5 Å². The Morgan fingerprint density at radius 3 is 2.52 bits per heavy atom. The number of ketones is 1. The summed E-state index contributed by atoms with van der Waals surface area (Å²) in [4.78, 5) is 15.5. The molecule has 2 rings (SSSR count). The van der Waals surface area contributed by atoms with Gasteiger partial charge in [0.15, 0.2) is 0 Å². The van der Waals surface area contributed by atoms with Crippen molar-refractivity contribution in [2.75, 3.05) is 0 Å². The quantitative estimate of drug-likeness (QED) is 0.809. The molecule has 0 aliphatic heterocycles. The number of carbonyl (C=O) groups is 1. The molecule has 0 aliphatic carbocycles. The standard InChI is InChI=1S/C12H14F3N5O/c1-4-19-9(16-6-17-19)5-20-8(3)10(7(2)18-20)11(21)12(13,14)15/h6H,4-5H2,1-3H3. The Hall–Kier alpha value is -2.19. The molecule has 0 atom stereocenters. The van der Waals surface area contributed by atoms with Crippen molar-refractivity contribution in [3.05, 3.63) is 29.1 Å². The first kappa shape index (κ1) is 15.2. The Morgan fingerprint density at radius 1 is 1.29 bits per heavy atom. The maximum atomic E-state index is 12.6. The molecule has 0 radical (unpaired) electrons. The average molecular weight is 301 g/mol. The van der Waals surface area contributed by atoms with Gasteiger partial charge in [-0.2, -0.15) is 23.4 Å². The lowest BCUT2D eigenvalue weighted by atomic mass is 10.1. The summed E-state index contributed by atoms with van der Waals surface area (Å²) in [6.07, 6.45) is -3.54. The molecule has 21 heavy (non-hydrogen) atoms. The summed E-state index contributed by atoms with van der Waals surface area (Å²) in [5, 5.41) is 7.99. The molecule has 6 nitrogen and oxygen atoms in total. The fraction of sp³-hybridized carbons (Fsp3) is 0.500. The third kappa shape index (κ3) is 2.81. The highest BCUT2D eigenvalue weighted by Gasteiger charge is 2.42. The fourth-order valence-electron chi connectivity index (χ4n) is 2.13. The molecule has 0 aliphatic rings. The highest BCUT2D eigenvalue weighted by atomic mass is 19.4. The summed E-state index contributed by atoms with van der Waals surface area (Å²) >= 11 is 0. The number of aromatic nitrogens is 5. The van der Waals surface area contributed by atoms with Gasteiger partial charge < -0.3 is 0 Å². The third-order valence-electron chi connectivity index (χ3n) is 3.15. The lowest BCUT2D eigenvalue weighted by Crippen LogP contribution is -2.24. The molecule has 2 heterocycles. The fourth-order valence-corrected chi connectivity index (χ4v) is 2.13. The normalized spacial score (nSPS) is 11.9. The summed E-state index contributed by atoms with van der Waals surface area (Å²) in [7, 11) is 0. The van der Waals surface area contributed by atoms with Crippen molar-refractivity contribution in [1.82, 2.24) is 24.5 Å². The van der Waals surface area contributed by atoms with Crippen molar-refractivity contribution in [2.45, 2.75) is 40.0 Å². The molecule has 2 aromatic heterocycles. The van der Waals surface area contributed by atoms with Gasteiger partial charge in [-0.05, 0) is 20.8 Å². The van der Waals surface area contributed by atoms with Gasteiger partial charge in [0, 0.05) is 12.2 Å². The van der Waals surface area contributed by atoms with Crippen LogP contribution in [0, 0.1) is 13.8 Å². The number of Topliss-reactive ketones (excluding diaryl/α,β-unsaturated/α-hetero) is 1. The van der Waals surface area contributed by atoms with Crippen LogP contribution in [0.5, 0.6) is 0 Å². The number of halogens is 3. The monoisotopic (exact) mass is 301 g/mol. The number of nitrogens with zero attached hydrogens (tertiary/aromatic N) is 5. The maximum Gasteiger partial charge on any atom is 0.455 e. The second-order valence-electron chi connectivity index (χ2n) is 4.52. The first-order valence-corrected chi connectivity index (χ1v) is 6.28. The van der Waals surface area contributed by atoms with E-state index in [9.17, 15) is 18.0 Å². The van der Waals surface area contributed by atoms with E-state index in [0.29, 0.717) is 12.4 Å². The van der Waals surface area contributed by atoms with Crippen molar-refractivity contribution in [3.63, 3.8) is 0 Å². The Morgan fingerprint density at radius 2 is 1.95 bits per heavy atom. The SMILES string of the molecule is CCn1ncnc1Cn1nc(C)c(C(=O)C(F)(F)F)c1C. The number of rotatable bonds is 4.